The topological polar surface area (TPSA) is 74.6 Å². The molecular weight excluding hydrogens is 260 g/mol. The molecule has 6 heteroatoms. The number of nitrogens with zero attached hydrogens (tertiary/aromatic N) is 3. The third-order valence-corrected chi connectivity index (χ3v) is 3.22. The molecule has 2 rings (SSSR count). The molecule has 2 aromatic rings. The average molecular weight is 274 g/mol. The number of thioether (sulfide) groups is 1. The quantitative estimate of drug-likeness (QED) is 0.646. The Kier molecular flexibility index (Phi) is 4.81. The molecule has 0 bridgehead atoms. The van der Waals surface area contributed by atoms with E-state index in [1.165, 1.54) is 0 Å². The number of ether oxygens (including phenoxy) is 1. The van der Waals surface area contributed by atoms with E-state index < -0.39 is 0 Å². The van der Waals surface area contributed by atoms with Crippen LogP contribution in [0, 0.1) is 11.3 Å². The fourth-order valence-electron chi connectivity index (χ4n) is 1.42. The molecule has 1 aromatic heterocycles. The molecule has 0 saturated heterocycles. The second-order valence-electron chi connectivity index (χ2n) is 3.75. The van der Waals surface area contributed by atoms with Gasteiger partial charge in [-0.1, -0.05) is 18.7 Å². The predicted molar refractivity (Wildman–Crippen MR) is 73.1 cm³/mol. The monoisotopic (exact) mass is 274 g/mol. The Morgan fingerprint density at radius 3 is 2.79 bits per heavy atom. The van der Waals surface area contributed by atoms with Crippen molar-refractivity contribution >= 4 is 11.8 Å². The Morgan fingerprint density at radius 2 is 2.16 bits per heavy atom. The van der Waals surface area contributed by atoms with Crippen LogP contribution < -0.4 is 4.74 Å². The molecule has 1 heterocycles. The van der Waals surface area contributed by atoms with Crippen LogP contribution in [0.15, 0.2) is 29.4 Å². The minimum absolute atomic E-state index is 0.576. The van der Waals surface area contributed by atoms with Gasteiger partial charge in [-0.2, -0.15) is 5.26 Å². The molecule has 0 radical (unpaired) electrons. The zero-order valence-corrected chi connectivity index (χ0v) is 11.4. The molecule has 0 aliphatic rings. The lowest BCUT2D eigenvalue weighted by Crippen LogP contribution is -2.00. The Hall–Kier alpha value is -2.00. The first-order chi connectivity index (χ1) is 9.31. The van der Waals surface area contributed by atoms with Crippen molar-refractivity contribution < 1.29 is 4.74 Å². The number of hydrogen-bond acceptors (Lipinski definition) is 5. The van der Waals surface area contributed by atoms with Gasteiger partial charge in [0.25, 0.3) is 0 Å². The number of aromatic amines is 1. The molecule has 0 aliphatic heterocycles. The minimum Gasteiger partial charge on any atom is -0.493 e. The average Bonchev–Trinajstić information content (AvgIpc) is 2.92. The van der Waals surface area contributed by atoms with Gasteiger partial charge in [0.05, 0.1) is 18.2 Å². The van der Waals surface area contributed by atoms with Gasteiger partial charge in [0.15, 0.2) is 0 Å². The fourth-order valence-corrected chi connectivity index (χ4v) is 2.05. The summed E-state index contributed by atoms with van der Waals surface area (Å²) >= 11 is 1.55. The van der Waals surface area contributed by atoms with Crippen molar-refractivity contribution in [3.63, 3.8) is 0 Å². The van der Waals surface area contributed by atoms with E-state index in [1.807, 2.05) is 6.92 Å². The minimum atomic E-state index is 0.576. The summed E-state index contributed by atoms with van der Waals surface area (Å²) in [6.07, 6.45) is 0.856. The number of aromatic nitrogens is 3. The van der Waals surface area contributed by atoms with Crippen LogP contribution in [0.4, 0.5) is 0 Å². The van der Waals surface area contributed by atoms with Crippen LogP contribution in [0.3, 0.4) is 0 Å². The maximum atomic E-state index is 8.68. The van der Waals surface area contributed by atoms with Crippen molar-refractivity contribution in [2.75, 3.05) is 12.4 Å². The van der Waals surface area contributed by atoms with E-state index in [4.69, 9.17) is 10.00 Å². The second-order valence-corrected chi connectivity index (χ2v) is 4.81. The smallest absolute Gasteiger partial charge is 0.208 e. The van der Waals surface area contributed by atoms with Crippen molar-refractivity contribution in [1.29, 1.82) is 5.26 Å². The predicted octanol–water partition coefficient (Wildman–Crippen LogP) is 2.41. The molecule has 0 atom stereocenters. The van der Waals surface area contributed by atoms with Gasteiger partial charge in [0.1, 0.15) is 11.6 Å². The summed E-state index contributed by atoms with van der Waals surface area (Å²) in [6.45, 7) is 2.61. The van der Waals surface area contributed by atoms with E-state index in [0.29, 0.717) is 12.2 Å². The maximum absolute atomic E-state index is 8.68. The van der Waals surface area contributed by atoms with E-state index >= 15 is 0 Å². The fraction of sp³-hybridized carbons (Fsp3) is 0.308. The first-order valence-electron chi connectivity index (χ1n) is 5.99. The summed E-state index contributed by atoms with van der Waals surface area (Å²) in [5.74, 6) is 2.44. The van der Waals surface area contributed by atoms with Gasteiger partial charge in [0.2, 0.25) is 5.16 Å². The number of nitriles is 1. The zero-order valence-electron chi connectivity index (χ0n) is 10.6. The van der Waals surface area contributed by atoms with E-state index in [0.717, 1.165) is 28.9 Å². The molecule has 1 aromatic carbocycles. The number of H-pyrrole nitrogens is 1. The van der Waals surface area contributed by atoms with E-state index in [2.05, 4.69) is 21.3 Å². The normalized spacial score (nSPS) is 10.1. The van der Waals surface area contributed by atoms with Gasteiger partial charge >= 0.3 is 0 Å². The molecule has 1 N–H and O–H groups in total. The molecule has 19 heavy (non-hydrogen) atoms. The van der Waals surface area contributed by atoms with Gasteiger partial charge in [0, 0.05) is 12.2 Å². The largest absolute Gasteiger partial charge is 0.493 e. The van der Waals surface area contributed by atoms with Crippen LogP contribution >= 0.6 is 11.8 Å². The van der Waals surface area contributed by atoms with Crippen molar-refractivity contribution in [3.8, 4) is 11.8 Å². The lowest BCUT2D eigenvalue weighted by atomic mass is 10.2. The summed E-state index contributed by atoms with van der Waals surface area (Å²) in [5, 5.41) is 16.4. The van der Waals surface area contributed by atoms with Crippen LogP contribution in [-0.4, -0.2) is 27.5 Å². The standard InChI is InChI=1S/C13H14N4OS/c1-2-12-15-13(17-16-12)19-8-7-18-11-5-3-10(9-14)4-6-11/h3-6H,2,7-8H2,1H3,(H,15,16,17). The van der Waals surface area contributed by atoms with Crippen molar-refractivity contribution in [3.05, 3.63) is 35.7 Å². The molecule has 5 nitrogen and oxygen atoms in total. The van der Waals surface area contributed by atoms with Crippen molar-refractivity contribution in [2.45, 2.75) is 18.5 Å². The zero-order chi connectivity index (χ0) is 13.5. The summed E-state index contributed by atoms with van der Waals surface area (Å²) in [5.41, 5.74) is 0.634. The van der Waals surface area contributed by atoms with E-state index in [-0.39, 0.29) is 0 Å². The first-order valence-corrected chi connectivity index (χ1v) is 6.97. The Bertz CT molecular complexity index is 559. The van der Waals surface area contributed by atoms with Gasteiger partial charge in [-0.05, 0) is 24.3 Å². The van der Waals surface area contributed by atoms with E-state index in [9.17, 15) is 0 Å². The van der Waals surface area contributed by atoms with Gasteiger partial charge in [-0.15, -0.1) is 5.10 Å². The number of nitrogens with one attached hydrogen (secondary N) is 1. The highest BCUT2D eigenvalue weighted by molar-refractivity contribution is 7.99. The summed E-state index contributed by atoms with van der Waals surface area (Å²) in [7, 11) is 0. The van der Waals surface area contributed by atoms with Crippen LogP contribution in [0.2, 0.25) is 0 Å². The third kappa shape index (κ3) is 4.00. The Morgan fingerprint density at radius 1 is 1.37 bits per heavy atom. The van der Waals surface area contributed by atoms with Crippen LogP contribution in [0.5, 0.6) is 5.75 Å². The summed E-state index contributed by atoms with van der Waals surface area (Å²) in [6, 6.07) is 9.15. The number of benzene rings is 1. The van der Waals surface area contributed by atoms with E-state index in [1.54, 1.807) is 36.0 Å². The first kappa shape index (κ1) is 13.4. The van der Waals surface area contributed by atoms with Gasteiger partial charge < -0.3 is 4.74 Å². The number of hydrogen-bond donors (Lipinski definition) is 1. The molecule has 0 unspecified atom stereocenters. The molecule has 98 valence electrons. The highest BCUT2D eigenvalue weighted by Crippen LogP contribution is 2.15. The Balaban J connectivity index is 1.72. The van der Waals surface area contributed by atoms with Gasteiger partial charge in [-0.3, -0.25) is 5.10 Å². The molecule has 0 spiro atoms. The lowest BCUT2D eigenvalue weighted by molar-refractivity contribution is 0.344. The molecular formula is C13H14N4OS. The summed E-state index contributed by atoms with van der Waals surface area (Å²) < 4.78 is 5.56. The lowest BCUT2D eigenvalue weighted by Gasteiger charge is -2.04. The number of aryl methyl sites for hydroxylation is 1. The van der Waals surface area contributed by atoms with Crippen LogP contribution in [0.25, 0.3) is 0 Å². The maximum Gasteiger partial charge on any atom is 0.208 e. The molecule has 0 aliphatic carbocycles. The molecule has 0 saturated carbocycles. The van der Waals surface area contributed by atoms with Crippen LogP contribution in [-0.2, 0) is 6.42 Å². The summed E-state index contributed by atoms with van der Waals surface area (Å²) in [4.78, 5) is 4.30. The third-order valence-electron chi connectivity index (χ3n) is 2.41. The highest BCUT2D eigenvalue weighted by atomic mass is 32.2. The van der Waals surface area contributed by atoms with Crippen molar-refractivity contribution in [2.24, 2.45) is 0 Å². The van der Waals surface area contributed by atoms with Crippen molar-refractivity contribution in [1.82, 2.24) is 15.2 Å². The molecule has 0 fully saturated rings. The molecule has 0 amide bonds. The highest BCUT2D eigenvalue weighted by Gasteiger charge is 2.02. The van der Waals surface area contributed by atoms with Gasteiger partial charge in [-0.25, -0.2) is 4.98 Å². The Labute approximate surface area is 116 Å². The van der Waals surface area contributed by atoms with Crippen LogP contribution in [0.1, 0.15) is 18.3 Å². The number of rotatable bonds is 6. The second kappa shape index (κ2) is 6.81. The SMILES string of the molecule is CCc1nc(SCCOc2ccc(C#N)cc2)n[nH]1.